The minimum absolute atomic E-state index is 0.175. The first-order valence-electron chi connectivity index (χ1n) is 6.76. The van der Waals surface area contributed by atoms with Crippen molar-refractivity contribution in [2.24, 2.45) is 0 Å². The summed E-state index contributed by atoms with van der Waals surface area (Å²) in [6.07, 6.45) is -0.564. The van der Waals surface area contributed by atoms with Crippen LogP contribution in [0.3, 0.4) is 0 Å². The summed E-state index contributed by atoms with van der Waals surface area (Å²) in [5, 5.41) is 2.83. The molecule has 0 spiro atoms. The zero-order valence-electron chi connectivity index (χ0n) is 12.3. The van der Waals surface area contributed by atoms with E-state index in [0.29, 0.717) is 5.75 Å². The van der Waals surface area contributed by atoms with Crippen molar-refractivity contribution in [3.05, 3.63) is 58.1 Å². The zero-order chi connectivity index (χ0) is 15.4. The molecular formula is C17H18BrNO2. The average Bonchev–Trinajstić information content (AvgIpc) is 2.43. The summed E-state index contributed by atoms with van der Waals surface area (Å²) < 4.78 is 6.61. The van der Waals surface area contributed by atoms with Crippen LogP contribution in [0.4, 0.5) is 5.69 Å². The van der Waals surface area contributed by atoms with Crippen LogP contribution in [0.15, 0.2) is 46.9 Å². The van der Waals surface area contributed by atoms with Gasteiger partial charge in [-0.15, -0.1) is 0 Å². The summed E-state index contributed by atoms with van der Waals surface area (Å²) in [7, 11) is 0. The van der Waals surface area contributed by atoms with Crippen LogP contribution in [0.25, 0.3) is 0 Å². The Morgan fingerprint density at radius 3 is 2.57 bits per heavy atom. The smallest absolute Gasteiger partial charge is 0.265 e. The van der Waals surface area contributed by atoms with E-state index in [0.717, 1.165) is 15.7 Å². The topological polar surface area (TPSA) is 38.3 Å². The number of amides is 1. The van der Waals surface area contributed by atoms with E-state index in [1.54, 1.807) is 6.92 Å². The molecule has 1 N–H and O–H groups in total. The van der Waals surface area contributed by atoms with Crippen LogP contribution in [0.1, 0.15) is 18.1 Å². The van der Waals surface area contributed by atoms with Crippen LogP contribution < -0.4 is 10.1 Å². The number of hydrogen-bond acceptors (Lipinski definition) is 2. The molecule has 0 aromatic heterocycles. The number of nitrogens with one attached hydrogen (secondary N) is 1. The summed E-state index contributed by atoms with van der Waals surface area (Å²) in [5.74, 6) is 0.529. The second-order valence-corrected chi connectivity index (χ2v) is 5.92. The average molecular weight is 348 g/mol. The molecule has 0 bridgehead atoms. The van der Waals surface area contributed by atoms with Gasteiger partial charge in [-0.1, -0.05) is 28.1 Å². The Hall–Kier alpha value is -1.81. The van der Waals surface area contributed by atoms with Gasteiger partial charge in [0.15, 0.2) is 6.10 Å². The van der Waals surface area contributed by atoms with E-state index in [1.807, 2.05) is 56.3 Å². The molecule has 1 amide bonds. The van der Waals surface area contributed by atoms with Gasteiger partial charge in [0, 0.05) is 10.2 Å². The maximum Gasteiger partial charge on any atom is 0.265 e. The lowest BCUT2D eigenvalue weighted by atomic mass is 10.1. The molecule has 2 aromatic carbocycles. The third-order valence-electron chi connectivity index (χ3n) is 3.25. The fraction of sp³-hybridized carbons (Fsp3) is 0.235. The second kappa shape index (κ2) is 6.76. The number of halogens is 1. The van der Waals surface area contributed by atoms with Gasteiger partial charge < -0.3 is 10.1 Å². The number of ether oxygens (including phenoxy) is 1. The van der Waals surface area contributed by atoms with Gasteiger partial charge in [0.05, 0.1) is 0 Å². The number of carbonyl (C=O) groups excluding carboxylic acids is 1. The third-order valence-corrected chi connectivity index (χ3v) is 3.75. The fourth-order valence-corrected chi connectivity index (χ4v) is 2.25. The van der Waals surface area contributed by atoms with E-state index >= 15 is 0 Å². The Morgan fingerprint density at radius 2 is 1.90 bits per heavy atom. The normalized spacial score (nSPS) is 11.8. The first-order valence-corrected chi connectivity index (χ1v) is 7.55. The van der Waals surface area contributed by atoms with E-state index in [9.17, 15) is 4.79 Å². The summed E-state index contributed by atoms with van der Waals surface area (Å²) in [6, 6.07) is 13.3. The van der Waals surface area contributed by atoms with Crippen molar-refractivity contribution in [1.82, 2.24) is 0 Å². The highest BCUT2D eigenvalue weighted by atomic mass is 79.9. The van der Waals surface area contributed by atoms with Gasteiger partial charge in [-0.3, -0.25) is 4.79 Å². The third kappa shape index (κ3) is 4.33. The molecule has 0 fully saturated rings. The summed E-state index contributed by atoms with van der Waals surface area (Å²) in [5.41, 5.74) is 3.09. The lowest BCUT2D eigenvalue weighted by Crippen LogP contribution is -2.30. The number of carbonyl (C=O) groups is 1. The molecule has 110 valence electrons. The van der Waals surface area contributed by atoms with Crippen molar-refractivity contribution in [3.63, 3.8) is 0 Å². The lowest BCUT2D eigenvalue weighted by Gasteiger charge is -2.15. The van der Waals surface area contributed by atoms with Gasteiger partial charge in [-0.05, 0) is 62.2 Å². The van der Waals surface area contributed by atoms with E-state index in [1.165, 1.54) is 5.56 Å². The van der Waals surface area contributed by atoms with Crippen LogP contribution in [0, 0.1) is 13.8 Å². The quantitative estimate of drug-likeness (QED) is 0.885. The predicted molar refractivity (Wildman–Crippen MR) is 88.8 cm³/mol. The van der Waals surface area contributed by atoms with Crippen molar-refractivity contribution in [2.75, 3.05) is 5.32 Å². The molecule has 0 radical (unpaired) electrons. The second-order valence-electron chi connectivity index (χ2n) is 5.01. The van der Waals surface area contributed by atoms with Crippen LogP contribution in [0.2, 0.25) is 0 Å². The maximum atomic E-state index is 12.1. The molecule has 4 heteroatoms. The predicted octanol–water partition coefficient (Wildman–Crippen LogP) is 4.47. The van der Waals surface area contributed by atoms with Crippen LogP contribution in [-0.2, 0) is 4.79 Å². The molecule has 0 heterocycles. The van der Waals surface area contributed by atoms with Gasteiger partial charge in [0.25, 0.3) is 5.91 Å². The molecule has 0 aliphatic heterocycles. The molecule has 21 heavy (non-hydrogen) atoms. The van der Waals surface area contributed by atoms with Crippen molar-refractivity contribution >= 4 is 27.5 Å². The van der Waals surface area contributed by atoms with Crippen LogP contribution >= 0.6 is 15.9 Å². The van der Waals surface area contributed by atoms with Crippen molar-refractivity contribution < 1.29 is 9.53 Å². The molecular weight excluding hydrogens is 330 g/mol. The van der Waals surface area contributed by atoms with E-state index in [2.05, 4.69) is 21.2 Å². The molecule has 0 unspecified atom stereocenters. The fourth-order valence-electron chi connectivity index (χ4n) is 1.85. The highest BCUT2D eigenvalue weighted by Gasteiger charge is 2.15. The number of aryl methyl sites for hydroxylation is 2. The number of rotatable bonds is 4. The van der Waals surface area contributed by atoms with Gasteiger partial charge in [-0.25, -0.2) is 0 Å². The summed E-state index contributed by atoms with van der Waals surface area (Å²) in [6.45, 7) is 5.81. The number of anilines is 1. The zero-order valence-corrected chi connectivity index (χ0v) is 13.9. The molecule has 2 rings (SSSR count). The molecule has 0 saturated carbocycles. The largest absolute Gasteiger partial charge is 0.481 e. The van der Waals surface area contributed by atoms with Crippen LogP contribution in [-0.4, -0.2) is 12.0 Å². The summed E-state index contributed by atoms with van der Waals surface area (Å²) >= 11 is 3.38. The Labute approximate surface area is 133 Å². The van der Waals surface area contributed by atoms with Crippen molar-refractivity contribution in [2.45, 2.75) is 26.9 Å². The standard InChI is InChI=1S/C17H18BrNO2/c1-11-7-8-16(9-12(11)2)21-13(3)17(20)19-15-6-4-5-14(18)10-15/h4-10,13H,1-3H3,(H,19,20)/t13-/m1/s1. The highest BCUT2D eigenvalue weighted by Crippen LogP contribution is 2.19. The van der Waals surface area contributed by atoms with E-state index in [-0.39, 0.29) is 5.91 Å². The molecule has 0 aliphatic carbocycles. The Bertz CT molecular complexity index is 655. The molecule has 2 aromatic rings. The van der Waals surface area contributed by atoms with Gasteiger partial charge >= 0.3 is 0 Å². The lowest BCUT2D eigenvalue weighted by molar-refractivity contribution is -0.122. The first kappa shape index (κ1) is 15.6. The van der Waals surface area contributed by atoms with Gasteiger partial charge in [0.1, 0.15) is 5.75 Å². The molecule has 0 aliphatic rings. The minimum Gasteiger partial charge on any atom is -0.481 e. The summed E-state index contributed by atoms with van der Waals surface area (Å²) in [4.78, 5) is 12.1. The molecule has 1 atom stereocenters. The van der Waals surface area contributed by atoms with Gasteiger partial charge in [0.2, 0.25) is 0 Å². The van der Waals surface area contributed by atoms with Crippen molar-refractivity contribution in [1.29, 1.82) is 0 Å². The molecule has 3 nitrogen and oxygen atoms in total. The Kier molecular flexibility index (Phi) is 5.02. The Morgan fingerprint density at radius 1 is 1.14 bits per heavy atom. The first-order chi connectivity index (χ1) is 9.95. The minimum atomic E-state index is -0.564. The Balaban J connectivity index is 2.00. The maximum absolute atomic E-state index is 12.1. The van der Waals surface area contributed by atoms with Crippen molar-refractivity contribution in [3.8, 4) is 5.75 Å². The van der Waals surface area contributed by atoms with E-state index < -0.39 is 6.10 Å². The highest BCUT2D eigenvalue weighted by molar-refractivity contribution is 9.10. The SMILES string of the molecule is Cc1ccc(O[C@H](C)C(=O)Nc2cccc(Br)c2)cc1C. The number of hydrogen-bond donors (Lipinski definition) is 1. The van der Waals surface area contributed by atoms with Crippen LogP contribution in [0.5, 0.6) is 5.75 Å². The van der Waals surface area contributed by atoms with E-state index in [4.69, 9.17) is 4.74 Å². The number of benzene rings is 2. The monoisotopic (exact) mass is 347 g/mol. The van der Waals surface area contributed by atoms with Gasteiger partial charge in [-0.2, -0.15) is 0 Å². The molecule has 0 saturated heterocycles.